The van der Waals surface area contributed by atoms with E-state index in [1.807, 2.05) is 6.92 Å². The van der Waals surface area contributed by atoms with Crippen LogP contribution in [0.4, 0.5) is 0 Å². The van der Waals surface area contributed by atoms with Crippen molar-refractivity contribution in [2.45, 2.75) is 44.8 Å². The van der Waals surface area contributed by atoms with Crippen molar-refractivity contribution in [1.29, 1.82) is 0 Å². The molecule has 1 aromatic carbocycles. The van der Waals surface area contributed by atoms with Crippen LogP contribution in [0.5, 0.6) is 0 Å². The van der Waals surface area contributed by atoms with Crippen LogP contribution >= 0.6 is 0 Å². The van der Waals surface area contributed by atoms with Crippen LogP contribution in [-0.2, 0) is 6.54 Å². The first kappa shape index (κ1) is 16.7. The van der Waals surface area contributed by atoms with E-state index in [4.69, 9.17) is 0 Å². The quantitative estimate of drug-likeness (QED) is 0.458. The fourth-order valence-electron chi connectivity index (χ4n) is 3.38. The summed E-state index contributed by atoms with van der Waals surface area (Å²) in [4.78, 5) is 31.6. The molecule has 0 spiro atoms. The van der Waals surface area contributed by atoms with E-state index in [0.29, 0.717) is 34.8 Å². The van der Waals surface area contributed by atoms with Gasteiger partial charge in [0.15, 0.2) is 6.33 Å². The molecule has 0 saturated heterocycles. The first-order valence-corrected chi connectivity index (χ1v) is 9.16. The molecule has 28 heavy (non-hydrogen) atoms. The second kappa shape index (κ2) is 6.29. The van der Waals surface area contributed by atoms with Gasteiger partial charge in [0, 0.05) is 0 Å². The minimum Gasteiger partial charge on any atom is -0.294 e. The predicted molar refractivity (Wildman–Crippen MR) is 98.8 cm³/mol. The largest absolute Gasteiger partial charge is 0.294 e. The van der Waals surface area contributed by atoms with E-state index < -0.39 is 0 Å². The molecule has 1 fully saturated rings. The van der Waals surface area contributed by atoms with Crippen molar-refractivity contribution >= 4 is 21.8 Å². The van der Waals surface area contributed by atoms with Gasteiger partial charge in [0.2, 0.25) is 0 Å². The van der Waals surface area contributed by atoms with Crippen molar-refractivity contribution in [2.75, 3.05) is 0 Å². The van der Waals surface area contributed by atoms with Crippen LogP contribution < -0.4 is 11.1 Å². The number of rotatable bonds is 5. The standard InChI is InChI=1S/C17H17N9O2/c1-2-10(7-25-20-8-19-22-25)24-9-18-14-5-13-15(6-12(14)16(24)27)21-23-26(17(13)28)11-3-4-11/h5-6,8-11H,2-4,7H2,1H3/t10-/m1/s1. The van der Waals surface area contributed by atoms with Crippen molar-refractivity contribution in [2.24, 2.45) is 0 Å². The Morgan fingerprint density at radius 1 is 1.11 bits per heavy atom. The van der Waals surface area contributed by atoms with E-state index in [-0.39, 0.29) is 23.2 Å². The molecule has 1 aliphatic rings. The van der Waals surface area contributed by atoms with Gasteiger partial charge < -0.3 is 0 Å². The lowest BCUT2D eigenvalue weighted by molar-refractivity contribution is 0.357. The lowest BCUT2D eigenvalue weighted by Gasteiger charge is -2.17. The van der Waals surface area contributed by atoms with Crippen LogP contribution in [0.1, 0.15) is 38.3 Å². The van der Waals surface area contributed by atoms with Crippen molar-refractivity contribution in [3.63, 3.8) is 0 Å². The Hall–Kier alpha value is -3.50. The molecule has 142 valence electrons. The third kappa shape index (κ3) is 2.66. The molecule has 5 rings (SSSR count). The molecule has 1 aliphatic carbocycles. The minimum atomic E-state index is -0.202. The molecule has 11 heteroatoms. The van der Waals surface area contributed by atoms with Gasteiger partial charge in [0.1, 0.15) is 5.52 Å². The van der Waals surface area contributed by atoms with E-state index in [9.17, 15) is 9.59 Å². The van der Waals surface area contributed by atoms with Crippen molar-refractivity contribution in [1.82, 2.24) is 44.8 Å². The van der Waals surface area contributed by atoms with Crippen LogP contribution in [0.15, 0.2) is 34.4 Å². The summed E-state index contributed by atoms with van der Waals surface area (Å²) in [5.41, 5.74) is 0.475. The highest BCUT2D eigenvalue weighted by Crippen LogP contribution is 2.32. The molecule has 1 saturated carbocycles. The summed E-state index contributed by atoms with van der Waals surface area (Å²) in [5.74, 6) is 0. The number of hydrogen-bond donors (Lipinski definition) is 0. The topological polar surface area (TPSA) is 126 Å². The lowest BCUT2D eigenvalue weighted by Crippen LogP contribution is -2.29. The van der Waals surface area contributed by atoms with Gasteiger partial charge in [-0.3, -0.25) is 14.2 Å². The zero-order valence-electron chi connectivity index (χ0n) is 15.1. The molecule has 0 N–H and O–H groups in total. The third-order valence-corrected chi connectivity index (χ3v) is 5.11. The summed E-state index contributed by atoms with van der Waals surface area (Å²) >= 11 is 0. The van der Waals surface area contributed by atoms with Crippen molar-refractivity contribution in [3.8, 4) is 0 Å². The van der Waals surface area contributed by atoms with Crippen LogP contribution in [0.25, 0.3) is 21.8 Å². The van der Waals surface area contributed by atoms with Gasteiger partial charge in [-0.2, -0.15) is 4.80 Å². The molecule has 3 aromatic heterocycles. The highest BCUT2D eigenvalue weighted by Gasteiger charge is 2.27. The number of fused-ring (bicyclic) bond motifs is 2. The van der Waals surface area contributed by atoms with Crippen molar-refractivity contribution in [3.05, 3.63) is 45.5 Å². The van der Waals surface area contributed by atoms with Gasteiger partial charge in [-0.25, -0.2) is 9.67 Å². The Bertz CT molecular complexity index is 1290. The lowest BCUT2D eigenvalue weighted by atomic mass is 10.1. The van der Waals surface area contributed by atoms with Gasteiger partial charge in [0.05, 0.1) is 41.2 Å². The second-order valence-electron chi connectivity index (χ2n) is 6.97. The van der Waals surface area contributed by atoms with Crippen LogP contribution in [0, 0.1) is 0 Å². The summed E-state index contributed by atoms with van der Waals surface area (Å²) in [7, 11) is 0. The number of tetrazole rings is 1. The second-order valence-corrected chi connectivity index (χ2v) is 6.97. The molecule has 1 atom stereocenters. The average Bonchev–Trinajstić information content (AvgIpc) is 3.42. The smallest absolute Gasteiger partial charge is 0.277 e. The van der Waals surface area contributed by atoms with Crippen LogP contribution in [-0.4, -0.2) is 44.8 Å². The number of benzene rings is 1. The summed E-state index contributed by atoms with van der Waals surface area (Å²) < 4.78 is 2.99. The molecule has 0 bridgehead atoms. The van der Waals surface area contributed by atoms with E-state index in [1.54, 1.807) is 16.7 Å². The molecule has 0 radical (unpaired) electrons. The van der Waals surface area contributed by atoms with Crippen LogP contribution in [0.2, 0.25) is 0 Å². The third-order valence-electron chi connectivity index (χ3n) is 5.11. The fraction of sp³-hybridized carbons (Fsp3) is 0.412. The van der Waals surface area contributed by atoms with Gasteiger partial charge in [-0.05, 0) is 36.6 Å². The molecular formula is C17H17N9O2. The number of hydrogen-bond acceptors (Lipinski definition) is 8. The Kier molecular flexibility index (Phi) is 3.74. The van der Waals surface area contributed by atoms with E-state index >= 15 is 0 Å². The molecule has 0 unspecified atom stereocenters. The molecule has 4 aromatic rings. The summed E-state index contributed by atoms with van der Waals surface area (Å²) in [6, 6.07) is 3.19. The minimum absolute atomic E-state index is 0.136. The molecule has 0 aliphatic heterocycles. The van der Waals surface area contributed by atoms with Gasteiger partial charge >= 0.3 is 0 Å². The Labute approximate surface area is 157 Å². The summed E-state index contributed by atoms with van der Waals surface area (Å²) in [6.07, 6.45) is 5.43. The normalized spacial score (nSPS) is 15.3. The maximum Gasteiger partial charge on any atom is 0.277 e. The Morgan fingerprint density at radius 2 is 1.89 bits per heavy atom. The molecule has 11 nitrogen and oxygen atoms in total. The zero-order valence-corrected chi connectivity index (χ0v) is 15.1. The molecule has 3 heterocycles. The number of nitrogens with zero attached hydrogens (tertiary/aromatic N) is 9. The maximum absolute atomic E-state index is 13.1. The van der Waals surface area contributed by atoms with Gasteiger partial charge in [0.25, 0.3) is 11.1 Å². The fourth-order valence-corrected chi connectivity index (χ4v) is 3.38. The predicted octanol–water partition coefficient (Wildman–Crippen LogP) is 0.474. The van der Waals surface area contributed by atoms with Gasteiger partial charge in [-0.15, -0.1) is 15.3 Å². The Morgan fingerprint density at radius 3 is 2.61 bits per heavy atom. The molecular weight excluding hydrogens is 362 g/mol. The summed E-state index contributed by atoms with van der Waals surface area (Å²) in [5, 5.41) is 20.6. The summed E-state index contributed by atoms with van der Waals surface area (Å²) in [6.45, 7) is 2.38. The van der Waals surface area contributed by atoms with E-state index in [2.05, 4.69) is 30.7 Å². The highest BCUT2D eigenvalue weighted by molar-refractivity contribution is 5.93. The van der Waals surface area contributed by atoms with Gasteiger partial charge in [-0.1, -0.05) is 12.1 Å². The zero-order chi connectivity index (χ0) is 19.3. The monoisotopic (exact) mass is 379 g/mol. The highest BCUT2D eigenvalue weighted by atomic mass is 16.1. The number of aromatic nitrogens is 9. The average molecular weight is 379 g/mol. The van der Waals surface area contributed by atoms with Crippen LogP contribution in [0.3, 0.4) is 0 Å². The first-order valence-electron chi connectivity index (χ1n) is 9.16. The Balaban J connectivity index is 1.64. The van der Waals surface area contributed by atoms with E-state index in [1.165, 1.54) is 22.1 Å². The maximum atomic E-state index is 13.1. The SMILES string of the molecule is CC[C@H](Cn1ncnn1)n1cnc2cc3c(=O)n(C4CC4)nnc3cc2c1=O. The molecule has 0 amide bonds. The van der Waals surface area contributed by atoms with E-state index in [0.717, 1.165) is 12.8 Å². The first-order chi connectivity index (χ1) is 13.7. The van der Waals surface area contributed by atoms with Crippen molar-refractivity contribution < 1.29 is 0 Å².